The molecule has 3 saturated carbocycles. The molecule has 2 unspecified atom stereocenters. The van der Waals surface area contributed by atoms with Crippen molar-refractivity contribution in [3.05, 3.63) is 59.2 Å². The van der Waals surface area contributed by atoms with E-state index in [-0.39, 0.29) is 0 Å². The third-order valence-corrected chi connectivity index (χ3v) is 10.0. The van der Waals surface area contributed by atoms with Gasteiger partial charge in [0.05, 0.1) is 0 Å². The van der Waals surface area contributed by atoms with Crippen LogP contribution in [-0.2, 0) is 12.8 Å². The lowest BCUT2D eigenvalue weighted by Gasteiger charge is -2.54. The van der Waals surface area contributed by atoms with Crippen LogP contribution < -0.4 is 4.90 Å². The second-order valence-corrected chi connectivity index (χ2v) is 11.9. The largest absolute Gasteiger partial charge is 0.337 e. The third-order valence-electron chi connectivity index (χ3n) is 10.0. The first-order valence-corrected chi connectivity index (χ1v) is 12.8. The summed E-state index contributed by atoms with van der Waals surface area (Å²) in [7, 11) is 0. The van der Waals surface area contributed by atoms with Gasteiger partial charge in [0.1, 0.15) is 0 Å². The summed E-state index contributed by atoms with van der Waals surface area (Å²) >= 11 is 0. The van der Waals surface area contributed by atoms with Gasteiger partial charge in [-0.3, -0.25) is 0 Å². The lowest BCUT2D eigenvalue weighted by Crippen LogP contribution is -2.51. The average molecular weight is 413 g/mol. The molecule has 3 aliphatic heterocycles. The standard InChI is InChI=1S/C29H36N2/c1-28-12-15-29(16-13-28,17-14-28)20-30-18-11-26-24(19-30)23-7-4-6-22-10-9-21-5-2-3-8-25(21)31(26)27(22)23/h2-8,24,26H,9-20H2,1H3. The molecule has 162 valence electrons. The van der Waals surface area contributed by atoms with Crippen LogP contribution >= 0.6 is 0 Å². The second-order valence-electron chi connectivity index (χ2n) is 11.9. The van der Waals surface area contributed by atoms with Gasteiger partial charge in [-0.25, -0.2) is 0 Å². The van der Waals surface area contributed by atoms with Crippen LogP contribution in [0.25, 0.3) is 0 Å². The molecule has 2 aromatic carbocycles. The van der Waals surface area contributed by atoms with Crippen LogP contribution in [0.4, 0.5) is 11.4 Å². The first-order chi connectivity index (χ1) is 15.1. The minimum atomic E-state index is 0.631. The number of para-hydroxylation sites is 2. The van der Waals surface area contributed by atoms with Crippen molar-refractivity contribution in [2.24, 2.45) is 10.8 Å². The molecule has 2 bridgehead atoms. The van der Waals surface area contributed by atoms with Gasteiger partial charge in [-0.1, -0.05) is 43.3 Å². The van der Waals surface area contributed by atoms with E-state index < -0.39 is 0 Å². The minimum absolute atomic E-state index is 0.631. The van der Waals surface area contributed by atoms with Gasteiger partial charge in [0.15, 0.2) is 0 Å². The molecule has 8 rings (SSSR count). The zero-order valence-corrected chi connectivity index (χ0v) is 19.1. The smallest absolute Gasteiger partial charge is 0.0483 e. The van der Waals surface area contributed by atoms with Gasteiger partial charge in [-0.2, -0.15) is 0 Å². The van der Waals surface area contributed by atoms with Gasteiger partial charge in [0.2, 0.25) is 0 Å². The predicted molar refractivity (Wildman–Crippen MR) is 128 cm³/mol. The fourth-order valence-electron chi connectivity index (χ4n) is 8.03. The van der Waals surface area contributed by atoms with Gasteiger partial charge in [0.25, 0.3) is 0 Å². The summed E-state index contributed by atoms with van der Waals surface area (Å²) in [5.74, 6) is 0.670. The van der Waals surface area contributed by atoms with Crippen molar-refractivity contribution in [2.45, 2.75) is 76.7 Å². The summed E-state index contributed by atoms with van der Waals surface area (Å²) in [5, 5.41) is 0. The van der Waals surface area contributed by atoms with Crippen LogP contribution in [-0.4, -0.2) is 30.6 Å². The summed E-state index contributed by atoms with van der Waals surface area (Å²) in [5.41, 5.74) is 9.14. The minimum Gasteiger partial charge on any atom is -0.337 e. The van der Waals surface area contributed by atoms with E-state index in [1.807, 2.05) is 0 Å². The van der Waals surface area contributed by atoms with Crippen molar-refractivity contribution in [1.29, 1.82) is 0 Å². The molecule has 6 aliphatic rings. The van der Waals surface area contributed by atoms with Crippen LogP contribution in [0.5, 0.6) is 0 Å². The van der Waals surface area contributed by atoms with Crippen LogP contribution in [0.1, 0.15) is 74.5 Å². The Bertz CT molecular complexity index is 999. The van der Waals surface area contributed by atoms with E-state index >= 15 is 0 Å². The van der Waals surface area contributed by atoms with E-state index in [9.17, 15) is 0 Å². The quantitative estimate of drug-likeness (QED) is 0.559. The molecule has 1 saturated heterocycles. The maximum atomic E-state index is 2.88. The summed E-state index contributed by atoms with van der Waals surface area (Å²) in [6, 6.07) is 17.1. The Morgan fingerprint density at radius 3 is 2.45 bits per heavy atom. The van der Waals surface area contributed by atoms with Gasteiger partial charge in [0, 0.05) is 43.0 Å². The fraction of sp³-hybridized carbons (Fsp3) is 0.586. The van der Waals surface area contributed by atoms with E-state index in [0.717, 1.165) is 0 Å². The molecule has 3 aliphatic carbocycles. The van der Waals surface area contributed by atoms with Crippen LogP contribution in [0.2, 0.25) is 0 Å². The number of nitrogens with zero attached hydrogens (tertiary/aromatic N) is 2. The van der Waals surface area contributed by atoms with Crippen molar-refractivity contribution >= 4 is 11.4 Å². The highest BCUT2D eigenvalue weighted by Crippen LogP contribution is 2.58. The van der Waals surface area contributed by atoms with Crippen LogP contribution in [0.3, 0.4) is 0 Å². The molecule has 0 spiro atoms. The first-order valence-electron chi connectivity index (χ1n) is 12.8. The molecule has 31 heavy (non-hydrogen) atoms. The van der Waals surface area contributed by atoms with Gasteiger partial charge < -0.3 is 9.80 Å². The normalized spacial score (nSPS) is 36.0. The van der Waals surface area contributed by atoms with E-state index in [4.69, 9.17) is 0 Å². The summed E-state index contributed by atoms with van der Waals surface area (Å²) in [6.45, 7) is 6.45. The van der Waals surface area contributed by atoms with Crippen LogP contribution in [0.15, 0.2) is 42.5 Å². The second kappa shape index (κ2) is 6.61. The first kappa shape index (κ1) is 18.7. The Morgan fingerprint density at radius 2 is 1.61 bits per heavy atom. The van der Waals surface area contributed by atoms with E-state index in [1.54, 1.807) is 22.4 Å². The summed E-state index contributed by atoms with van der Waals surface area (Å²) < 4.78 is 0. The molecular weight excluding hydrogens is 376 g/mol. The van der Waals surface area contributed by atoms with Crippen molar-refractivity contribution in [1.82, 2.24) is 4.90 Å². The van der Waals surface area contributed by atoms with Gasteiger partial charge in [-0.05, 0) is 91.4 Å². The molecule has 4 fully saturated rings. The number of benzene rings is 2. The molecule has 2 nitrogen and oxygen atoms in total. The number of hydrogen-bond donors (Lipinski definition) is 0. The fourth-order valence-corrected chi connectivity index (χ4v) is 8.03. The number of likely N-dealkylation sites (tertiary alicyclic amines) is 1. The Morgan fingerprint density at radius 1 is 0.871 bits per heavy atom. The lowest BCUT2D eigenvalue weighted by molar-refractivity contribution is -0.0253. The van der Waals surface area contributed by atoms with Crippen molar-refractivity contribution in [3.8, 4) is 0 Å². The highest BCUT2D eigenvalue weighted by Gasteiger charge is 2.49. The van der Waals surface area contributed by atoms with E-state index in [2.05, 4.69) is 59.2 Å². The SMILES string of the molecule is CC12CCC(CN3CCC4C(C3)c3cccc5c3N4c3ccccc3CC5)(CC1)CC2. The maximum absolute atomic E-state index is 2.88. The third kappa shape index (κ3) is 2.80. The monoisotopic (exact) mass is 412 g/mol. The summed E-state index contributed by atoms with van der Waals surface area (Å²) in [6.07, 6.45) is 12.5. The summed E-state index contributed by atoms with van der Waals surface area (Å²) in [4.78, 5) is 5.66. The Balaban J connectivity index is 1.20. The predicted octanol–water partition coefficient (Wildman–Crippen LogP) is 6.46. The molecule has 2 atom stereocenters. The molecule has 0 amide bonds. The zero-order chi connectivity index (χ0) is 20.6. The zero-order valence-electron chi connectivity index (χ0n) is 19.1. The highest BCUT2D eigenvalue weighted by atomic mass is 15.3. The molecule has 2 heteroatoms. The number of rotatable bonds is 2. The van der Waals surface area contributed by atoms with Gasteiger partial charge in [-0.15, -0.1) is 0 Å². The number of piperidine rings is 1. The lowest BCUT2D eigenvalue weighted by atomic mass is 9.54. The van der Waals surface area contributed by atoms with Crippen molar-refractivity contribution in [3.63, 3.8) is 0 Å². The van der Waals surface area contributed by atoms with E-state index in [0.29, 0.717) is 22.8 Å². The molecule has 0 radical (unpaired) electrons. The Kier molecular flexibility index (Phi) is 3.99. The van der Waals surface area contributed by atoms with E-state index in [1.165, 1.54) is 83.1 Å². The molecule has 2 aromatic rings. The number of fused-ring (bicyclic) bond motifs is 8. The topological polar surface area (TPSA) is 6.48 Å². The Labute approximate surface area is 187 Å². The molecule has 0 N–H and O–H groups in total. The number of anilines is 2. The van der Waals surface area contributed by atoms with Gasteiger partial charge >= 0.3 is 0 Å². The molecule has 3 heterocycles. The maximum Gasteiger partial charge on any atom is 0.0483 e. The average Bonchev–Trinajstić information content (AvgIpc) is 3.02. The van der Waals surface area contributed by atoms with Crippen molar-refractivity contribution < 1.29 is 0 Å². The molecular formula is C29H36N2. The van der Waals surface area contributed by atoms with Crippen LogP contribution in [0, 0.1) is 10.8 Å². The van der Waals surface area contributed by atoms with Crippen molar-refractivity contribution in [2.75, 3.05) is 24.5 Å². The highest BCUT2D eigenvalue weighted by molar-refractivity contribution is 5.79. The Hall–Kier alpha value is -1.80. The number of aryl methyl sites for hydroxylation is 2. The molecule has 0 aromatic heterocycles. The number of hydrogen-bond acceptors (Lipinski definition) is 2.